The molecular weight excluding hydrogens is 519 g/mol. The van der Waals surface area contributed by atoms with E-state index in [0.29, 0.717) is 11.6 Å². The molecule has 2 aliphatic rings. The summed E-state index contributed by atoms with van der Waals surface area (Å²) in [6.07, 6.45) is 4.79. The van der Waals surface area contributed by atoms with Gasteiger partial charge in [0.2, 0.25) is 0 Å². The average Bonchev–Trinajstić information content (AvgIpc) is 3.11. The maximum absolute atomic E-state index is 12.6. The van der Waals surface area contributed by atoms with Gasteiger partial charge in [-0.25, -0.2) is 0 Å². The van der Waals surface area contributed by atoms with Crippen LogP contribution < -0.4 is 0 Å². The molecular formula is C16H22N2O2Rf. The quantitative estimate of drug-likeness (QED) is 0.638. The molecule has 0 aliphatic carbocycles. The predicted octanol–water partition coefficient (Wildman–Crippen LogP) is 2.09. The zero-order chi connectivity index (χ0) is 13.9. The van der Waals surface area contributed by atoms with Crippen molar-refractivity contribution in [1.82, 2.24) is 9.80 Å². The first kappa shape index (κ1) is 14.9. The van der Waals surface area contributed by atoms with Crippen LogP contribution in [0.5, 0.6) is 5.75 Å². The van der Waals surface area contributed by atoms with E-state index in [9.17, 15) is 9.90 Å². The third kappa shape index (κ3) is 3.14. The molecule has 2 saturated heterocycles. The Kier molecular flexibility index (Phi) is 4.43. The topological polar surface area (TPSA) is 43.8 Å². The molecule has 5 heteroatoms. The van der Waals surface area contributed by atoms with Crippen LogP contribution in [0.3, 0.4) is 0 Å². The van der Waals surface area contributed by atoms with Crippen molar-refractivity contribution < 1.29 is 9.90 Å². The molecule has 0 radical (unpaired) electrons. The Hall–Kier alpha value is -2.55. The minimum absolute atomic E-state index is 0. The second-order valence-electron chi connectivity index (χ2n) is 5.85. The molecule has 1 aromatic rings. The molecule has 1 atom stereocenters. The van der Waals surface area contributed by atoms with Crippen LogP contribution in [0.2, 0.25) is 0 Å². The number of amides is 1. The van der Waals surface area contributed by atoms with E-state index < -0.39 is 0 Å². The summed E-state index contributed by atoms with van der Waals surface area (Å²) in [5, 5.41) is 9.31. The fourth-order valence-electron chi connectivity index (χ4n) is 3.33. The maximum atomic E-state index is 12.6. The van der Waals surface area contributed by atoms with Gasteiger partial charge >= 0.3 is 0 Å². The number of aromatic hydroxyl groups is 1. The Morgan fingerprint density at radius 3 is 2.43 bits per heavy atom. The summed E-state index contributed by atoms with van der Waals surface area (Å²) in [5.41, 5.74) is 0.677. The molecule has 0 bridgehead atoms. The fourth-order valence-corrected chi connectivity index (χ4v) is 3.33. The molecule has 110 valence electrons. The first-order valence-corrected chi connectivity index (χ1v) is 7.56. The molecule has 2 heterocycles. The van der Waals surface area contributed by atoms with Gasteiger partial charge in [0.15, 0.2) is 0 Å². The van der Waals surface area contributed by atoms with Crippen LogP contribution in [0.15, 0.2) is 24.3 Å². The summed E-state index contributed by atoms with van der Waals surface area (Å²) in [6, 6.07) is 6.94. The fraction of sp³-hybridized carbons (Fsp3) is 0.562. The summed E-state index contributed by atoms with van der Waals surface area (Å²) >= 11 is 0. The van der Waals surface area contributed by atoms with Crippen LogP contribution in [0, 0.1) is 0 Å². The number of carbonyl (C=O) groups is 1. The molecule has 4 nitrogen and oxygen atoms in total. The molecule has 0 saturated carbocycles. The van der Waals surface area contributed by atoms with Gasteiger partial charge in [0.1, 0.15) is 5.75 Å². The minimum Gasteiger partial charge on any atom is -0.508 e. The van der Waals surface area contributed by atoms with Crippen molar-refractivity contribution in [3.63, 3.8) is 0 Å². The third-order valence-corrected chi connectivity index (χ3v) is 4.42. The smallest absolute Gasteiger partial charge is 0.254 e. The number of hydrogen-bond acceptors (Lipinski definition) is 3. The van der Waals surface area contributed by atoms with Crippen molar-refractivity contribution >= 4 is 5.91 Å². The van der Waals surface area contributed by atoms with Gasteiger partial charge < -0.3 is 14.9 Å². The van der Waals surface area contributed by atoms with Gasteiger partial charge in [0.25, 0.3) is 5.91 Å². The Morgan fingerprint density at radius 2 is 1.76 bits per heavy atom. The van der Waals surface area contributed by atoms with E-state index in [1.165, 1.54) is 25.9 Å². The summed E-state index contributed by atoms with van der Waals surface area (Å²) in [4.78, 5) is 17.1. The zero-order valence-electron chi connectivity index (χ0n) is 12.5. The second-order valence-corrected chi connectivity index (χ2v) is 5.85. The summed E-state index contributed by atoms with van der Waals surface area (Å²) < 4.78 is 0. The van der Waals surface area contributed by atoms with Gasteiger partial charge in [-0.3, -0.25) is 4.79 Å². The monoisotopic (exact) mass is 541 g/mol. The number of likely N-dealkylation sites (tertiary alicyclic amines) is 2. The second kappa shape index (κ2) is 6.27. The molecule has 0 aromatic heterocycles. The summed E-state index contributed by atoms with van der Waals surface area (Å²) in [6.45, 7) is 4.23. The molecule has 2 fully saturated rings. The van der Waals surface area contributed by atoms with Gasteiger partial charge in [-0.1, -0.05) is 0 Å². The van der Waals surface area contributed by atoms with E-state index >= 15 is 0 Å². The van der Waals surface area contributed by atoms with E-state index in [4.69, 9.17) is 0 Å². The number of hydrogen-bond donors (Lipinski definition) is 1. The minimum atomic E-state index is 0. The summed E-state index contributed by atoms with van der Waals surface area (Å²) in [5.74, 6) is 0.309. The number of carbonyl (C=O) groups excluding carboxylic acids is 1. The van der Waals surface area contributed by atoms with Crippen LogP contribution in [0.4, 0.5) is 0 Å². The standard InChI is InChI=1S/C16H22N2O2.Rf/c19-15-7-5-13(6-8-15)16(20)18-11-3-4-14(18)12-17-9-1-2-10-17;/h5-8,14,19H,1-4,9-12H2;/t14-;/m0./s1. The summed E-state index contributed by atoms with van der Waals surface area (Å²) in [7, 11) is 0. The average molecular weight is 541 g/mol. The van der Waals surface area contributed by atoms with E-state index in [0.717, 1.165) is 25.9 Å². The SMILES string of the molecule is O=C(c1ccc(O)cc1)N1CCC[C@H]1CN1CCCC1.[Rf]. The molecule has 2 aliphatic heterocycles. The Morgan fingerprint density at radius 1 is 1.10 bits per heavy atom. The number of phenolic OH excluding ortho intramolecular Hbond substituents is 1. The molecule has 1 aromatic carbocycles. The number of rotatable bonds is 3. The van der Waals surface area contributed by atoms with Crippen LogP contribution in [-0.2, 0) is 0 Å². The van der Waals surface area contributed by atoms with Crippen LogP contribution in [0.25, 0.3) is 0 Å². The van der Waals surface area contributed by atoms with E-state index in [2.05, 4.69) is 4.90 Å². The predicted molar refractivity (Wildman–Crippen MR) is 77.8 cm³/mol. The van der Waals surface area contributed by atoms with Crippen LogP contribution in [-0.4, -0.2) is 53.0 Å². The molecule has 1 N–H and O–H groups in total. The van der Waals surface area contributed by atoms with Gasteiger partial charge in [-0.15, -0.1) is 0 Å². The van der Waals surface area contributed by atoms with Crippen LogP contribution in [0.1, 0.15) is 36.0 Å². The van der Waals surface area contributed by atoms with Crippen molar-refractivity contribution in [2.24, 2.45) is 0 Å². The van der Waals surface area contributed by atoms with Gasteiger partial charge in [-0.2, -0.15) is 0 Å². The molecule has 3 rings (SSSR count). The van der Waals surface area contributed by atoms with Crippen molar-refractivity contribution in [1.29, 1.82) is 0 Å². The third-order valence-electron chi connectivity index (χ3n) is 4.42. The van der Waals surface area contributed by atoms with Crippen molar-refractivity contribution in [3.8, 4) is 5.75 Å². The maximum Gasteiger partial charge on any atom is 0.254 e. The van der Waals surface area contributed by atoms with Crippen molar-refractivity contribution in [2.45, 2.75) is 31.7 Å². The van der Waals surface area contributed by atoms with E-state index in [1.807, 2.05) is 4.90 Å². The van der Waals surface area contributed by atoms with Crippen molar-refractivity contribution in [3.05, 3.63) is 29.8 Å². The number of nitrogens with zero attached hydrogens (tertiary/aromatic N) is 2. The molecule has 1 amide bonds. The van der Waals surface area contributed by atoms with Crippen molar-refractivity contribution in [2.75, 3.05) is 26.2 Å². The number of benzene rings is 1. The molecule has 0 spiro atoms. The van der Waals surface area contributed by atoms with Gasteiger partial charge in [0.05, 0.1) is 0 Å². The van der Waals surface area contributed by atoms with E-state index in [-0.39, 0.29) is 11.7 Å². The Labute approximate surface area is 120 Å². The number of phenols is 1. The van der Waals surface area contributed by atoms with Gasteiger partial charge in [0, 0.05) is 24.7 Å². The van der Waals surface area contributed by atoms with Crippen LogP contribution >= 0.6 is 0 Å². The first-order chi connectivity index (χ1) is 9.74. The van der Waals surface area contributed by atoms with E-state index in [1.54, 1.807) is 24.3 Å². The van der Waals surface area contributed by atoms with Gasteiger partial charge in [-0.05, 0) is 63.0 Å². The Balaban J connectivity index is 0.00000161. The first-order valence-electron chi connectivity index (χ1n) is 7.56. The zero-order valence-corrected chi connectivity index (χ0v) is 18.9. The largest absolute Gasteiger partial charge is 0.508 e. The molecule has 0 unspecified atom stereocenters. The molecule has 21 heavy (non-hydrogen) atoms. The normalized spacial score (nSPS) is 22.3. The Bertz CT molecular complexity index is 472.